The third-order valence-electron chi connectivity index (χ3n) is 3.62. The topological polar surface area (TPSA) is 24.9 Å². The van der Waals surface area contributed by atoms with Gasteiger partial charge in [0.2, 0.25) is 0 Å². The summed E-state index contributed by atoms with van der Waals surface area (Å²) in [6, 6.07) is 1.17. The quantitative estimate of drug-likeness (QED) is 0.865. The molecule has 0 aromatic carbocycles. The third-order valence-corrected chi connectivity index (χ3v) is 4.65. The maximum absolute atomic E-state index is 4.51. The van der Waals surface area contributed by atoms with Gasteiger partial charge in [-0.3, -0.25) is 0 Å². The van der Waals surface area contributed by atoms with Crippen LogP contribution in [0.15, 0.2) is 6.20 Å². The van der Waals surface area contributed by atoms with Crippen molar-refractivity contribution < 1.29 is 0 Å². The summed E-state index contributed by atoms with van der Waals surface area (Å²) in [4.78, 5) is 5.82. The van der Waals surface area contributed by atoms with Crippen molar-refractivity contribution in [1.29, 1.82) is 0 Å². The van der Waals surface area contributed by atoms with Crippen molar-refractivity contribution >= 4 is 11.3 Å². The monoisotopic (exact) mass is 238 g/mol. The molecule has 90 valence electrons. The molecule has 0 spiro atoms. The Morgan fingerprint density at radius 1 is 1.56 bits per heavy atom. The predicted octanol–water partition coefficient (Wildman–Crippen LogP) is 3.68. The van der Waals surface area contributed by atoms with E-state index in [9.17, 15) is 0 Å². The molecule has 0 bridgehead atoms. The van der Waals surface area contributed by atoms with Crippen LogP contribution in [0.1, 0.15) is 55.5 Å². The van der Waals surface area contributed by atoms with Crippen LogP contribution in [-0.4, -0.2) is 11.0 Å². The van der Waals surface area contributed by atoms with E-state index in [4.69, 9.17) is 0 Å². The maximum atomic E-state index is 4.51. The van der Waals surface area contributed by atoms with Crippen LogP contribution < -0.4 is 5.32 Å². The number of hydrogen-bond acceptors (Lipinski definition) is 3. The summed E-state index contributed by atoms with van der Waals surface area (Å²) in [5, 5.41) is 5.06. The molecule has 1 aliphatic carbocycles. The molecule has 3 heteroatoms. The van der Waals surface area contributed by atoms with E-state index < -0.39 is 0 Å². The highest BCUT2D eigenvalue weighted by atomic mass is 32.1. The van der Waals surface area contributed by atoms with E-state index in [1.807, 2.05) is 17.5 Å². The van der Waals surface area contributed by atoms with Gasteiger partial charge >= 0.3 is 0 Å². The highest BCUT2D eigenvalue weighted by molar-refractivity contribution is 7.11. The first-order valence-corrected chi connectivity index (χ1v) is 7.20. The molecule has 1 heterocycles. The van der Waals surface area contributed by atoms with E-state index in [1.54, 1.807) is 0 Å². The molecular weight excluding hydrogens is 216 g/mol. The second-order valence-electron chi connectivity index (χ2n) is 4.95. The minimum atomic E-state index is 0.462. The Kier molecular flexibility index (Phi) is 3.98. The Hall–Kier alpha value is -0.410. The van der Waals surface area contributed by atoms with Gasteiger partial charge in [-0.2, -0.15) is 0 Å². The molecular formula is C13H22N2S. The predicted molar refractivity (Wildman–Crippen MR) is 69.8 cm³/mol. The lowest BCUT2D eigenvalue weighted by molar-refractivity contribution is 0.369. The van der Waals surface area contributed by atoms with Gasteiger partial charge in [0.05, 0.1) is 6.04 Å². The molecule has 0 amide bonds. The minimum absolute atomic E-state index is 0.462. The summed E-state index contributed by atoms with van der Waals surface area (Å²) >= 11 is 1.83. The molecule has 0 saturated heterocycles. The van der Waals surface area contributed by atoms with E-state index in [2.05, 4.69) is 31.1 Å². The first-order chi connectivity index (χ1) is 7.70. The van der Waals surface area contributed by atoms with Gasteiger partial charge < -0.3 is 5.32 Å². The fourth-order valence-electron chi connectivity index (χ4n) is 2.55. The van der Waals surface area contributed by atoms with Gasteiger partial charge in [0.25, 0.3) is 0 Å². The van der Waals surface area contributed by atoms with Crippen molar-refractivity contribution in [1.82, 2.24) is 10.3 Å². The van der Waals surface area contributed by atoms with Gasteiger partial charge in [-0.25, -0.2) is 4.98 Å². The standard InChI is InChI=1S/C13H22N2S/c1-4-11(13-14-8-10(3)16-13)15-12-7-5-6-9(12)2/h8-9,11-12,15H,4-7H2,1-3H3. The number of nitrogens with one attached hydrogen (secondary N) is 1. The maximum Gasteiger partial charge on any atom is 0.110 e. The van der Waals surface area contributed by atoms with Crippen molar-refractivity contribution in [3.05, 3.63) is 16.1 Å². The van der Waals surface area contributed by atoms with Crippen LogP contribution in [0.2, 0.25) is 0 Å². The molecule has 3 unspecified atom stereocenters. The summed E-state index contributed by atoms with van der Waals surface area (Å²) in [6.45, 7) is 6.74. The Bertz CT molecular complexity index is 334. The molecule has 0 aliphatic heterocycles. The van der Waals surface area contributed by atoms with Crippen molar-refractivity contribution in [3.8, 4) is 0 Å². The molecule has 2 rings (SSSR count). The smallest absolute Gasteiger partial charge is 0.110 e. The molecule has 1 fully saturated rings. The van der Waals surface area contributed by atoms with Crippen LogP contribution in [0.4, 0.5) is 0 Å². The van der Waals surface area contributed by atoms with Gasteiger partial charge in [-0.05, 0) is 32.1 Å². The van der Waals surface area contributed by atoms with Gasteiger partial charge in [0, 0.05) is 17.1 Å². The summed E-state index contributed by atoms with van der Waals surface area (Å²) in [6.07, 6.45) is 7.22. The van der Waals surface area contributed by atoms with E-state index in [1.165, 1.54) is 29.1 Å². The van der Waals surface area contributed by atoms with Crippen LogP contribution in [0.5, 0.6) is 0 Å². The summed E-state index contributed by atoms with van der Waals surface area (Å²) in [5.74, 6) is 0.829. The molecule has 1 aromatic rings. The van der Waals surface area contributed by atoms with Gasteiger partial charge in [0.1, 0.15) is 5.01 Å². The van der Waals surface area contributed by atoms with Crippen LogP contribution in [-0.2, 0) is 0 Å². The van der Waals surface area contributed by atoms with E-state index >= 15 is 0 Å². The third kappa shape index (κ3) is 2.64. The van der Waals surface area contributed by atoms with Crippen LogP contribution in [0, 0.1) is 12.8 Å². The number of aromatic nitrogens is 1. The van der Waals surface area contributed by atoms with Crippen molar-refractivity contribution in [2.75, 3.05) is 0 Å². The fourth-order valence-corrected chi connectivity index (χ4v) is 3.47. The van der Waals surface area contributed by atoms with Crippen LogP contribution in [0.25, 0.3) is 0 Å². The fraction of sp³-hybridized carbons (Fsp3) is 0.769. The highest BCUT2D eigenvalue weighted by Gasteiger charge is 2.26. The summed E-state index contributed by atoms with van der Waals surface area (Å²) in [5.41, 5.74) is 0. The van der Waals surface area contributed by atoms with Crippen LogP contribution in [0.3, 0.4) is 0 Å². The molecule has 2 nitrogen and oxygen atoms in total. The van der Waals surface area contributed by atoms with Gasteiger partial charge in [0.15, 0.2) is 0 Å². The van der Waals surface area contributed by atoms with Gasteiger partial charge in [-0.1, -0.05) is 20.3 Å². The lowest BCUT2D eigenvalue weighted by atomic mass is 10.0. The molecule has 1 saturated carbocycles. The Morgan fingerprint density at radius 3 is 2.88 bits per heavy atom. The molecule has 1 aliphatic rings. The normalized spacial score (nSPS) is 27.2. The molecule has 16 heavy (non-hydrogen) atoms. The molecule has 1 N–H and O–H groups in total. The number of hydrogen-bond donors (Lipinski definition) is 1. The summed E-state index contributed by atoms with van der Waals surface area (Å²) in [7, 11) is 0. The van der Waals surface area contributed by atoms with Crippen molar-refractivity contribution in [2.24, 2.45) is 5.92 Å². The zero-order valence-electron chi connectivity index (χ0n) is 10.5. The number of nitrogens with zero attached hydrogens (tertiary/aromatic N) is 1. The van der Waals surface area contributed by atoms with Crippen LogP contribution >= 0.6 is 11.3 Å². The number of aryl methyl sites for hydroxylation is 1. The van der Waals surface area contributed by atoms with Crippen molar-refractivity contribution in [3.63, 3.8) is 0 Å². The van der Waals surface area contributed by atoms with Crippen molar-refractivity contribution in [2.45, 2.75) is 58.5 Å². The zero-order chi connectivity index (χ0) is 11.5. The Balaban J connectivity index is 2.00. The molecule has 0 radical (unpaired) electrons. The summed E-state index contributed by atoms with van der Waals surface area (Å²) < 4.78 is 0. The molecule has 1 aromatic heterocycles. The first kappa shape index (κ1) is 12.1. The Labute approximate surface area is 102 Å². The lowest BCUT2D eigenvalue weighted by Gasteiger charge is -2.23. The molecule has 3 atom stereocenters. The minimum Gasteiger partial charge on any atom is -0.305 e. The second kappa shape index (κ2) is 5.28. The zero-order valence-corrected chi connectivity index (χ0v) is 11.3. The first-order valence-electron chi connectivity index (χ1n) is 6.39. The number of rotatable bonds is 4. The van der Waals surface area contributed by atoms with E-state index in [-0.39, 0.29) is 0 Å². The second-order valence-corrected chi connectivity index (χ2v) is 6.22. The SMILES string of the molecule is CCC(NC1CCCC1C)c1ncc(C)s1. The highest BCUT2D eigenvalue weighted by Crippen LogP contribution is 2.29. The lowest BCUT2D eigenvalue weighted by Crippen LogP contribution is -2.34. The largest absolute Gasteiger partial charge is 0.305 e. The van der Waals surface area contributed by atoms with E-state index in [0.29, 0.717) is 12.1 Å². The Morgan fingerprint density at radius 2 is 2.38 bits per heavy atom. The average Bonchev–Trinajstić information content (AvgIpc) is 2.85. The van der Waals surface area contributed by atoms with Gasteiger partial charge in [-0.15, -0.1) is 11.3 Å². The average molecular weight is 238 g/mol. The number of thiazole rings is 1. The van der Waals surface area contributed by atoms with E-state index in [0.717, 1.165) is 12.3 Å².